The zero-order chi connectivity index (χ0) is 12.7. The molecule has 0 spiro atoms. The molecule has 0 radical (unpaired) electrons. The molecular formula is C14H22KNO. The van der Waals surface area contributed by atoms with Gasteiger partial charge in [-0.05, 0) is 37.5 Å². The van der Waals surface area contributed by atoms with Gasteiger partial charge >= 0.3 is 51.4 Å². The van der Waals surface area contributed by atoms with Crippen molar-refractivity contribution in [1.29, 1.82) is 0 Å². The van der Waals surface area contributed by atoms with Crippen LogP contribution in [0.2, 0.25) is 0 Å². The monoisotopic (exact) mass is 259 g/mol. The molecule has 1 N–H and O–H groups in total. The van der Waals surface area contributed by atoms with Gasteiger partial charge in [-0.25, -0.2) is 0 Å². The van der Waals surface area contributed by atoms with Crippen LogP contribution < -0.4 is 51.4 Å². The van der Waals surface area contributed by atoms with Crippen molar-refractivity contribution in [2.45, 2.75) is 34.6 Å². The zero-order valence-electron chi connectivity index (χ0n) is 11.9. The number of hydrogen-bond donors (Lipinski definition) is 0. The number of hydrogen-bond acceptors (Lipinski definition) is 1. The minimum atomic E-state index is -0.0718. The fourth-order valence-electron chi connectivity index (χ4n) is 1.10. The largest absolute Gasteiger partial charge is 1.00 e. The Morgan fingerprint density at radius 2 is 1.59 bits per heavy atom. The van der Waals surface area contributed by atoms with Crippen molar-refractivity contribution in [3.63, 3.8) is 0 Å². The molecule has 0 bridgehead atoms. The van der Waals surface area contributed by atoms with Gasteiger partial charge in [-0.15, -0.1) is 0 Å². The molecule has 1 aromatic carbocycles. The van der Waals surface area contributed by atoms with Crippen molar-refractivity contribution >= 4 is 5.78 Å². The van der Waals surface area contributed by atoms with E-state index in [-0.39, 0.29) is 69.6 Å². The number of ketones is 1. The van der Waals surface area contributed by atoms with Gasteiger partial charge in [0.15, 0.2) is 0 Å². The molecule has 0 aromatic heterocycles. The fraction of sp³-hybridized carbons (Fsp3) is 0.500. The molecule has 0 fully saturated rings. The van der Waals surface area contributed by atoms with Crippen LogP contribution in [0, 0.1) is 26.7 Å². The van der Waals surface area contributed by atoms with Crippen LogP contribution in [0.15, 0.2) is 18.2 Å². The van der Waals surface area contributed by atoms with Crippen LogP contribution in [0.25, 0.3) is 5.73 Å². The molecule has 0 aliphatic carbocycles. The molecule has 1 aromatic rings. The first-order valence-electron chi connectivity index (χ1n) is 5.60. The van der Waals surface area contributed by atoms with Crippen LogP contribution in [0.1, 0.15) is 30.5 Å². The van der Waals surface area contributed by atoms with Gasteiger partial charge in [-0.3, -0.25) is 0 Å². The topological polar surface area (TPSA) is 40.9 Å². The zero-order valence-corrected chi connectivity index (χ0v) is 15.0. The van der Waals surface area contributed by atoms with Crippen LogP contribution in [-0.2, 0) is 4.79 Å². The summed E-state index contributed by atoms with van der Waals surface area (Å²) in [7, 11) is 0. The van der Waals surface area contributed by atoms with Gasteiger partial charge in [0, 0.05) is 5.92 Å². The first-order chi connectivity index (χ1) is 7.40. The number of aryl methyl sites for hydroxylation is 2. The third kappa shape index (κ3) is 8.24. The Hall–Kier alpha value is 0.486. The number of carbonyl (C=O) groups is 1. The summed E-state index contributed by atoms with van der Waals surface area (Å²) < 4.78 is 0. The van der Waals surface area contributed by atoms with E-state index in [1.165, 1.54) is 16.7 Å². The molecule has 1 rings (SSSR count). The minimum absolute atomic E-state index is 0. The van der Waals surface area contributed by atoms with Gasteiger partial charge in [0.1, 0.15) is 5.78 Å². The minimum Gasteiger partial charge on any atom is -0.671 e. The quantitative estimate of drug-likeness (QED) is 0.727. The SMILES string of the molecule is CC(C)C(=O)C[NH-].Cc1cccc(C)c1C.[K+]. The fourth-order valence-corrected chi connectivity index (χ4v) is 1.10. The maximum absolute atomic E-state index is 10.3. The van der Waals surface area contributed by atoms with Crippen molar-refractivity contribution in [2.24, 2.45) is 5.92 Å². The Kier molecular flexibility index (Phi) is 12.1. The van der Waals surface area contributed by atoms with Crippen molar-refractivity contribution in [1.82, 2.24) is 0 Å². The van der Waals surface area contributed by atoms with Gasteiger partial charge in [0.05, 0.1) is 0 Å². The third-order valence-electron chi connectivity index (χ3n) is 2.69. The Labute approximate surface area is 148 Å². The van der Waals surface area contributed by atoms with E-state index in [1.54, 1.807) is 13.8 Å². The first kappa shape index (κ1) is 19.8. The summed E-state index contributed by atoms with van der Waals surface area (Å²) in [5, 5.41) is 0. The molecule has 0 aliphatic rings. The van der Waals surface area contributed by atoms with Crippen molar-refractivity contribution in [3.8, 4) is 0 Å². The second-order valence-electron chi connectivity index (χ2n) is 4.31. The molecule has 0 atom stereocenters. The normalized spacial score (nSPS) is 9.12. The van der Waals surface area contributed by atoms with Crippen molar-refractivity contribution in [3.05, 3.63) is 40.6 Å². The number of benzene rings is 1. The summed E-state index contributed by atoms with van der Waals surface area (Å²) in [5.41, 5.74) is 10.8. The summed E-state index contributed by atoms with van der Waals surface area (Å²) in [6.07, 6.45) is 0. The van der Waals surface area contributed by atoms with E-state index in [0.29, 0.717) is 0 Å². The molecular weight excluding hydrogens is 237 g/mol. The Bertz CT molecular complexity index is 328. The van der Waals surface area contributed by atoms with Gasteiger partial charge in [0.25, 0.3) is 0 Å². The molecule has 0 saturated carbocycles. The van der Waals surface area contributed by atoms with E-state index in [2.05, 4.69) is 39.0 Å². The molecule has 0 saturated heterocycles. The van der Waals surface area contributed by atoms with E-state index in [1.807, 2.05) is 0 Å². The maximum atomic E-state index is 10.3. The molecule has 0 aliphatic heterocycles. The van der Waals surface area contributed by atoms with Crippen LogP contribution in [-0.4, -0.2) is 12.3 Å². The smallest absolute Gasteiger partial charge is 0.671 e. The molecule has 0 amide bonds. The summed E-state index contributed by atoms with van der Waals surface area (Å²) in [4.78, 5) is 10.3. The second-order valence-corrected chi connectivity index (χ2v) is 4.31. The van der Waals surface area contributed by atoms with E-state index in [4.69, 9.17) is 5.73 Å². The summed E-state index contributed by atoms with van der Waals surface area (Å²) in [6, 6.07) is 6.38. The van der Waals surface area contributed by atoms with E-state index in [9.17, 15) is 4.79 Å². The van der Waals surface area contributed by atoms with Gasteiger partial charge in [-0.1, -0.05) is 38.6 Å². The predicted molar refractivity (Wildman–Crippen MR) is 69.7 cm³/mol. The average molecular weight is 259 g/mol. The second kappa shape index (κ2) is 10.4. The standard InChI is InChI=1S/C9H12.C5H10NO.K/c1-7-5-4-6-8(2)9(7)3;1-4(2)5(7)3-6;/h4-6H,1-3H3;4,6H,3H2,1-2H3;/q;-1;+1. The van der Waals surface area contributed by atoms with Gasteiger partial charge in [0.2, 0.25) is 0 Å². The molecule has 2 nitrogen and oxygen atoms in total. The van der Waals surface area contributed by atoms with Crippen molar-refractivity contribution in [2.75, 3.05) is 6.54 Å². The Balaban J connectivity index is 0. The molecule has 3 heteroatoms. The van der Waals surface area contributed by atoms with Gasteiger partial charge < -0.3 is 10.5 Å². The van der Waals surface area contributed by atoms with Gasteiger partial charge in [-0.2, -0.15) is 0 Å². The number of carbonyl (C=O) groups excluding carboxylic acids is 1. The summed E-state index contributed by atoms with van der Waals surface area (Å²) in [6.45, 7) is 9.97. The molecule has 0 unspecified atom stereocenters. The first-order valence-corrected chi connectivity index (χ1v) is 5.60. The molecule has 17 heavy (non-hydrogen) atoms. The number of Topliss-reactive ketones (excluding diaryl/α,β-unsaturated/α-hetero) is 1. The summed E-state index contributed by atoms with van der Waals surface area (Å²) in [5.74, 6) is 0.0532. The third-order valence-corrected chi connectivity index (χ3v) is 2.69. The number of nitrogens with one attached hydrogen (secondary N) is 1. The van der Waals surface area contributed by atoms with Crippen LogP contribution >= 0.6 is 0 Å². The Morgan fingerprint density at radius 3 is 1.76 bits per heavy atom. The average Bonchev–Trinajstić information content (AvgIpc) is 2.25. The van der Waals surface area contributed by atoms with Crippen LogP contribution in [0.3, 0.4) is 0 Å². The predicted octanol–water partition coefficient (Wildman–Crippen LogP) is 0.880. The van der Waals surface area contributed by atoms with E-state index in [0.717, 1.165) is 0 Å². The van der Waals surface area contributed by atoms with Crippen molar-refractivity contribution < 1.29 is 56.2 Å². The Morgan fingerprint density at radius 1 is 1.18 bits per heavy atom. The summed E-state index contributed by atoms with van der Waals surface area (Å²) >= 11 is 0. The number of rotatable bonds is 2. The van der Waals surface area contributed by atoms with Crippen LogP contribution in [0.4, 0.5) is 0 Å². The van der Waals surface area contributed by atoms with Crippen LogP contribution in [0.5, 0.6) is 0 Å². The molecule has 0 heterocycles. The maximum Gasteiger partial charge on any atom is 1.00 e. The van der Waals surface area contributed by atoms with E-state index < -0.39 is 0 Å². The van der Waals surface area contributed by atoms with E-state index >= 15 is 0 Å². The molecule has 90 valence electrons.